The van der Waals surface area contributed by atoms with Crippen molar-refractivity contribution in [2.24, 2.45) is 0 Å². The van der Waals surface area contributed by atoms with Gasteiger partial charge >= 0.3 is 11.9 Å². The lowest BCUT2D eigenvalue weighted by atomic mass is 9.93. The number of rotatable bonds is 35. The predicted octanol–water partition coefficient (Wildman–Crippen LogP) is 18.7. The second-order valence-corrected chi connectivity index (χ2v) is 20.5. The van der Waals surface area contributed by atoms with Gasteiger partial charge in [-0.3, -0.25) is 9.59 Å². The van der Waals surface area contributed by atoms with E-state index in [0.29, 0.717) is 17.5 Å². The lowest BCUT2D eigenvalue weighted by Crippen LogP contribution is -2.16. The van der Waals surface area contributed by atoms with Gasteiger partial charge in [-0.2, -0.15) is 0 Å². The van der Waals surface area contributed by atoms with Crippen LogP contribution in [0.3, 0.4) is 0 Å². The normalized spacial score (nSPS) is 13.8. The fraction of sp³-hybridized carbons (Fsp3) is 0.569. The monoisotopic (exact) mass is 977 g/mol. The fourth-order valence-electron chi connectivity index (χ4n) is 8.36. The summed E-state index contributed by atoms with van der Waals surface area (Å²) in [7, 11) is 0. The molecule has 0 aliphatic carbocycles. The minimum absolute atomic E-state index is 0.157. The number of esters is 2. The zero-order chi connectivity index (χ0) is 53.1. The molecular formula is C65H100O6. The van der Waals surface area contributed by atoms with E-state index in [2.05, 4.69) is 137 Å². The van der Waals surface area contributed by atoms with Crippen molar-refractivity contribution in [3.63, 3.8) is 0 Å². The second-order valence-electron chi connectivity index (χ2n) is 20.5. The molecule has 0 aliphatic rings. The van der Waals surface area contributed by atoms with Crippen LogP contribution in [0.15, 0.2) is 116 Å². The molecule has 0 saturated carbocycles. The van der Waals surface area contributed by atoms with E-state index in [1.807, 2.05) is 0 Å². The van der Waals surface area contributed by atoms with E-state index in [9.17, 15) is 19.8 Å². The third-order valence-electron chi connectivity index (χ3n) is 13.3. The molecule has 0 aliphatic heterocycles. The van der Waals surface area contributed by atoms with Crippen molar-refractivity contribution in [3.8, 4) is 11.5 Å². The maximum Gasteiger partial charge on any atom is 0.310 e. The minimum atomic E-state index is -0.476. The van der Waals surface area contributed by atoms with Crippen LogP contribution in [0.2, 0.25) is 0 Å². The van der Waals surface area contributed by atoms with Crippen LogP contribution in [0, 0.1) is 6.92 Å². The first kappa shape index (κ1) is 64.5. The van der Waals surface area contributed by atoms with Crippen molar-refractivity contribution in [1.29, 1.82) is 0 Å². The maximum absolute atomic E-state index is 12.4. The number of aliphatic hydroxyl groups is 2. The summed E-state index contributed by atoms with van der Waals surface area (Å²) in [6.45, 7) is 28.8. The van der Waals surface area contributed by atoms with Gasteiger partial charge in [0.1, 0.15) is 11.5 Å². The van der Waals surface area contributed by atoms with Gasteiger partial charge in [0.2, 0.25) is 0 Å². The molecule has 0 heterocycles. The molecule has 0 spiro atoms. The summed E-state index contributed by atoms with van der Waals surface area (Å²) in [6, 6.07) is 0. The molecule has 2 N–H and O–H groups in total. The molecule has 0 saturated heterocycles. The van der Waals surface area contributed by atoms with Crippen molar-refractivity contribution in [3.05, 3.63) is 139 Å². The van der Waals surface area contributed by atoms with E-state index in [4.69, 9.17) is 9.47 Å². The summed E-state index contributed by atoms with van der Waals surface area (Å²) < 4.78 is 11.4. The highest BCUT2D eigenvalue weighted by atomic mass is 16.5. The average molecular weight is 978 g/mol. The van der Waals surface area contributed by atoms with Crippen LogP contribution in [-0.2, 0) is 29.2 Å². The smallest absolute Gasteiger partial charge is 0.310 e. The number of benzene rings is 1. The molecule has 0 unspecified atom stereocenters. The maximum atomic E-state index is 12.4. The van der Waals surface area contributed by atoms with Crippen molar-refractivity contribution in [1.82, 2.24) is 0 Å². The van der Waals surface area contributed by atoms with Gasteiger partial charge in [0.25, 0.3) is 0 Å². The summed E-state index contributed by atoms with van der Waals surface area (Å²) in [4.78, 5) is 24.7. The molecule has 0 radical (unpaired) electrons. The van der Waals surface area contributed by atoms with E-state index in [-0.39, 0.29) is 35.5 Å². The van der Waals surface area contributed by atoms with Gasteiger partial charge in [-0.25, -0.2) is 0 Å². The first-order valence-corrected chi connectivity index (χ1v) is 27.2. The number of allylic oxidation sites excluding steroid dienone is 20. The predicted molar refractivity (Wildman–Crippen MR) is 305 cm³/mol. The van der Waals surface area contributed by atoms with Crippen LogP contribution >= 0.6 is 0 Å². The molecule has 1 aromatic carbocycles. The Morgan fingerprint density at radius 3 is 0.859 bits per heavy atom. The standard InChI is InChI=1S/C65H100O6/c1-15-62(68)70-64-58(14)59(65(71-63(69)16-2)61(47-67)60(64)46-66)45-44-57(13)43-25-42-56(12)41-24-40-55(11)39-23-38-54(10)37-22-36-53(9)35-21-34-52(8)33-20-32-51(7)31-19-30-50(6)29-18-28-49(5)27-17-26-48(3)4/h26,28,30,32,34,36,38,40,42,44,66-67H,15-25,27,29,31,33,35,37,39,41,43,45-47H2,1-14H3/b49-28+,50-30+,51-32+,52-34+,53-36+,54-38+,55-40+,56-42+,57-44+. The van der Waals surface area contributed by atoms with Crippen LogP contribution in [-0.4, -0.2) is 22.2 Å². The van der Waals surface area contributed by atoms with E-state index >= 15 is 0 Å². The molecule has 0 aromatic heterocycles. The van der Waals surface area contributed by atoms with Crippen LogP contribution < -0.4 is 9.47 Å². The van der Waals surface area contributed by atoms with Crippen molar-refractivity contribution < 1.29 is 29.3 Å². The Hall–Kier alpha value is -4.52. The van der Waals surface area contributed by atoms with Gasteiger partial charge in [-0.05, 0) is 211 Å². The van der Waals surface area contributed by atoms with Crippen LogP contribution in [0.25, 0.3) is 0 Å². The van der Waals surface area contributed by atoms with Crippen molar-refractivity contribution >= 4 is 11.9 Å². The topological polar surface area (TPSA) is 93.1 Å². The molecular weight excluding hydrogens is 877 g/mol. The highest BCUT2D eigenvalue weighted by Gasteiger charge is 2.25. The zero-order valence-electron chi connectivity index (χ0n) is 47.6. The minimum Gasteiger partial charge on any atom is -0.426 e. The molecule has 0 bridgehead atoms. The molecule has 1 rings (SSSR count). The Labute approximate surface area is 434 Å². The second kappa shape index (κ2) is 38.1. The Morgan fingerprint density at radius 1 is 0.366 bits per heavy atom. The number of ether oxygens (including phenoxy) is 2. The SMILES string of the molecule is CCC(=O)Oc1c(C)c(C/C=C(\C)CC/C=C(\C)CC/C=C(\C)CC/C=C(\C)CC/C=C(\C)CC/C=C(\C)CC/C=C(\C)CC/C=C(\C)CC/C=C(\C)CCC=C(C)C)c(OC(=O)CC)c(CO)c1CO. The average Bonchev–Trinajstić information content (AvgIpc) is 3.31. The Morgan fingerprint density at radius 2 is 0.606 bits per heavy atom. The van der Waals surface area contributed by atoms with Gasteiger partial charge in [-0.1, -0.05) is 130 Å². The summed E-state index contributed by atoms with van der Waals surface area (Å²) in [6.07, 6.45) is 44.3. The lowest BCUT2D eigenvalue weighted by Gasteiger charge is -2.22. The Bertz CT molecular complexity index is 2120. The largest absolute Gasteiger partial charge is 0.426 e. The van der Waals surface area contributed by atoms with Gasteiger partial charge in [0.05, 0.1) is 13.2 Å². The first-order valence-electron chi connectivity index (χ1n) is 27.2. The highest BCUT2D eigenvalue weighted by molar-refractivity contribution is 5.77. The quantitative estimate of drug-likeness (QED) is 0.0400. The molecule has 0 atom stereocenters. The van der Waals surface area contributed by atoms with E-state index in [1.54, 1.807) is 20.8 Å². The van der Waals surface area contributed by atoms with E-state index in [0.717, 1.165) is 103 Å². The zero-order valence-corrected chi connectivity index (χ0v) is 47.6. The Kier molecular flexibility index (Phi) is 34.7. The van der Waals surface area contributed by atoms with Gasteiger partial charge in [0, 0.05) is 29.5 Å². The van der Waals surface area contributed by atoms with Crippen LogP contribution in [0.1, 0.15) is 241 Å². The molecule has 1 aromatic rings. The number of carbonyl (C=O) groups is 2. The summed E-state index contributed by atoms with van der Waals surface area (Å²) >= 11 is 0. The van der Waals surface area contributed by atoms with Crippen LogP contribution in [0.4, 0.5) is 0 Å². The first-order chi connectivity index (χ1) is 33.8. The van der Waals surface area contributed by atoms with E-state index < -0.39 is 25.2 Å². The molecule has 71 heavy (non-hydrogen) atoms. The van der Waals surface area contributed by atoms with Gasteiger partial charge < -0.3 is 19.7 Å². The number of hydrogen-bond acceptors (Lipinski definition) is 6. The Balaban J connectivity index is 2.49. The molecule has 0 fully saturated rings. The summed E-state index contributed by atoms with van der Waals surface area (Å²) in [5, 5.41) is 20.5. The summed E-state index contributed by atoms with van der Waals surface area (Å²) in [5.41, 5.74) is 16.2. The van der Waals surface area contributed by atoms with E-state index in [1.165, 1.54) is 68.6 Å². The summed E-state index contributed by atoms with van der Waals surface area (Å²) in [5.74, 6) is -0.432. The third-order valence-corrected chi connectivity index (χ3v) is 13.3. The van der Waals surface area contributed by atoms with Crippen molar-refractivity contribution in [2.75, 3.05) is 0 Å². The fourth-order valence-corrected chi connectivity index (χ4v) is 8.36. The van der Waals surface area contributed by atoms with Crippen molar-refractivity contribution in [2.45, 2.75) is 245 Å². The third kappa shape index (κ3) is 29.6. The molecule has 6 nitrogen and oxygen atoms in total. The number of aliphatic hydroxyl groups excluding tert-OH is 2. The number of carbonyl (C=O) groups excluding carboxylic acids is 2. The lowest BCUT2D eigenvalue weighted by molar-refractivity contribution is -0.135. The van der Waals surface area contributed by atoms with Gasteiger partial charge in [-0.15, -0.1) is 0 Å². The molecule has 6 heteroatoms. The molecule has 0 amide bonds. The highest BCUT2D eigenvalue weighted by Crippen LogP contribution is 2.40. The van der Waals surface area contributed by atoms with Crippen LogP contribution in [0.5, 0.6) is 11.5 Å². The number of hydrogen-bond donors (Lipinski definition) is 2. The molecule has 396 valence electrons. The van der Waals surface area contributed by atoms with Gasteiger partial charge in [0.15, 0.2) is 0 Å².